The second-order valence-corrected chi connectivity index (χ2v) is 7.21. The van der Waals surface area contributed by atoms with Gasteiger partial charge in [-0.15, -0.1) is 0 Å². The van der Waals surface area contributed by atoms with Gasteiger partial charge in [-0.25, -0.2) is 18.4 Å². The summed E-state index contributed by atoms with van der Waals surface area (Å²) in [5.41, 5.74) is 0.0277. The third-order valence-corrected chi connectivity index (χ3v) is 4.84. The topological polar surface area (TPSA) is 104 Å². The van der Waals surface area contributed by atoms with Gasteiger partial charge in [-0.05, 0) is 53.4 Å². The Balaban J connectivity index is 2.24. The monoisotopic (exact) mass is 375 g/mol. The maximum Gasteiger partial charge on any atom is 0.340 e. The Kier molecular flexibility index (Phi) is 4.80. The van der Waals surface area contributed by atoms with Crippen molar-refractivity contribution >= 4 is 37.7 Å². The summed E-state index contributed by atoms with van der Waals surface area (Å²) in [7, 11) is -3.92. The number of carbonyl (C=O) groups excluding carboxylic acids is 2. The third-order valence-electron chi connectivity index (χ3n) is 3.23. The van der Waals surface area contributed by atoms with Gasteiger partial charge < -0.3 is 4.74 Å². The number of ketones is 1. The fourth-order valence-electron chi connectivity index (χ4n) is 2.11. The summed E-state index contributed by atoms with van der Waals surface area (Å²) >= 11 is 3.16. The highest BCUT2D eigenvalue weighted by molar-refractivity contribution is 9.10. The second-order valence-electron chi connectivity index (χ2n) is 4.79. The molecule has 1 atom stereocenters. The van der Waals surface area contributed by atoms with E-state index in [4.69, 9.17) is 9.88 Å². The van der Waals surface area contributed by atoms with Gasteiger partial charge in [0.05, 0.1) is 10.5 Å². The molecule has 8 heteroatoms. The average molecular weight is 376 g/mol. The number of nitrogens with two attached hydrogens (primary N) is 1. The minimum absolute atomic E-state index is 0.0277. The van der Waals surface area contributed by atoms with E-state index in [0.717, 1.165) is 18.9 Å². The molecular weight excluding hydrogens is 362 g/mol. The molecule has 0 radical (unpaired) electrons. The van der Waals surface area contributed by atoms with Crippen LogP contribution in [-0.4, -0.2) is 26.3 Å². The number of hydrogen-bond acceptors (Lipinski definition) is 5. The Morgan fingerprint density at radius 1 is 1.33 bits per heavy atom. The zero-order valence-corrected chi connectivity index (χ0v) is 13.4. The summed E-state index contributed by atoms with van der Waals surface area (Å²) in [5, 5.41) is 5.03. The van der Waals surface area contributed by atoms with Crippen LogP contribution < -0.4 is 5.14 Å². The van der Waals surface area contributed by atoms with Gasteiger partial charge in [-0.3, -0.25) is 4.79 Å². The number of benzene rings is 1. The molecule has 0 aliphatic heterocycles. The molecule has 0 saturated heterocycles. The van der Waals surface area contributed by atoms with Crippen LogP contribution in [0.2, 0.25) is 0 Å². The molecule has 1 aliphatic rings. The Labute approximate surface area is 130 Å². The van der Waals surface area contributed by atoms with Crippen LogP contribution in [-0.2, 0) is 19.6 Å². The summed E-state index contributed by atoms with van der Waals surface area (Å²) < 4.78 is 28.2. The van der Waals surface area contributed by atoms with E-state index < -0.39 is 22.1 Å². The Morgan fingerprint density at radius 3 is 2.67 bits per heavy atom. The van der Waals surface area contributed by atoms with Crippen LogP contribution in [0.25, 0.3) is 0 Å². The predicted octanol–water partition coefficient (Wildman–Crippen LogP) is 1.77. The van der Waals surface area contributed by atoms with Gasteiger partial charge >= 0.3 is 5.97 Å². The molecule has 0 amide bonds. The quantitative estimate of drug-likeness (QED) is 0.810. The smallest absolute Gasteiger partial charge is 0.340 e. The first kappa shape index (κ1) is 16.1. The molecule has 1 saturated carbocycles. The van der Waals surface area contributed by atoms with Gasteiger partial charge in [0, 0.05) is 10.9 Å². The lowest BCUT2D eigenvalue weighted by Crippen LogP contribution is -2.30. The van der Waals surface area contributed by atoms with Gasteiger partial charge in [0.15, 0.2) is 11.9 Å². The molecule has 6 nitrogen and oxygen atoms in total. The molecule has 21 heavy (non-hydrogen) atoms. The molecule has 2 N–H and O–H groups in total. The number of halogens is 1. The molecule has 1 fully saturated rings. The van der Waals surface area contributed by atoms with Crippen LogP contribution in [0.3, 0.4) is 0 Å². The lowest BCUT2D eigenvalue weighted by Gasteiger charge is -2.21. The minimum atomic E-state index is -3.92. The number of esters is 1. The summed E-state index contributed by atoms with van der Waals surface area (Å²) in [6.45, 7) is 0. The van der Waals surface area contributed by atoms with Crippen LogP contribution in [0.15, 0.2) is 27.6 Å². The van der Waals surface area contributed by atoms with Crippen LogP contribution >= 0.6 is 15.9 Å². The zero-order chi connectivity index (χ0) is 15.6. The summed E-state index contributed by atoms with van der Waals surface area (Å²) in [6.07, 6.45) is 1.77. The van der Waals surface area contributed by atoms with E-state index in [9.17, 15) is 18.0 Å². The van der Waals surface area contributed by atoms with Crippen molar-refractivity contribution in [2.75, 3.05) is 0 Å². The van der Waals surface area contributed by atoms with Crippen molar-refractivity contribution < 1.29 is 22.7 Å². The van der Waals surface area contributed by atoms with E-state index in [1.807, 2.05) is 0 Å². The van der Waals surface area contributed by atoms with Crippen molar-refractivity contribution in [3.63, 3.8) is 0 Å². The third kappa shape index (κ3) is 3.90. The Hall–Kier alpha value is -1.25. The van der Waals surface area contributed by atoms with E-state index in [1.54, 1.807) is 0 Å². The van der Waals surface area contributed by atoms with Gasteiger partial charge in [0.2, 0.25) is 10.0 Å². The van der Waals surface area contributed by atoms with Gasteiger partial charge in [0.1, 0.15) is 0 Å². The summed E-state index contributed by atoms with van der Waals surface area (Å²) in [5.74, 6) is -0.846. The summed E-state index contributed by atoms with van der Waals surface area (Å²) in [4.78, 5) is 23.6. The number of Topliss-reactive ketones (excluding diaryl/α,β-unsaturated/α-hetero) is 1. The molecule has 1 aliphatic carbocycles. The van der Waals surface area contributed by atoms with E-state index >= 15 is 0 Å². The Morgan fingerprint density at radius 2 is 2.05 bits per heavy atom. The van der Waals surface area contributed by atoms with Crippen molar-refractivity contribution in [1.29, 1.82) is 0 Å². The maximum absolute atomic E-state index is 12.1. The van der Waals surface area contributed by atoms with Crippen molar-refractivity contribution in [3.05, 3.63) is 28.2 Å². The van der Waals surface area contributed by atoms with Crippen molar-refractivity contribution in [3.8, 4) is 0 Å². The molecule has 114 valence electrons. The molecule has 0 unspecified atom stereocenters. The largest absolute Gasteiger partial charge is 0.451 e. The fourth-order valence-corrected chi connectivity index (χ4v) is 3.05. The van der Waals surface area contributed by atoms with Crippen LogP contribution in [0.1, 0.15) is 36.0 Å². The fraction of sp³-hybridized carbons (Fsp3) is 0.385. The van der Waals surface area contributed by atoms with E-state index in [0.29, 0.717) is 17.3 Å². The lowest BCUT2D eigenvalue weighted by molar-refractivity contribution is -0.129. The van der Waals surface area contributed by atoms with Crippen molar-refractivity contribution in [2.24, 2.45) is 5.14 Å². The first-order chi connectivity index (χ1) is 9.79. The Bertz CT molecular complexity index is 686. The highest BCUT2D eigenvalue weighted by Crippen LogP contribution is 2.24. The van der Waals surface area contributed by atoms with Gasteiger partial charge in [-0.1, -0.05) is 0 Å². The first-order valence-corrected chi connectivity index (χ1v) is 8.69. The number of rotatable bonds is 3. The van der Waals surface area contributed by atoms with E-state index in [2.05, 4.69) is 15.9 Å². The maximum atomic E-state index is 12.1. The normalized spacial score (nSPS) is 19.3. The molecule has 0 spiro atoms. The first-order valence-electron chi connectivity index (χ1n) is 6.35. The molecular formula is C13H14BrNO5S. The molecule has 2 rings (SSSR count). The zero-order valence-electron chi connectivity index (χ0n) is 11.0. The SMILES string of the molecule is NS(=O)(=O)c1ccc(Br)c(C(=O)O[C@H]2CCCCC2=O)c1. The van der Waals surface area contributed by atoms with Crippen LogP contribution in [0, 0.1) is 0 Å². The highest BCUT2D eigenvalue weighted by atomic mass is 79.9. The molecule has 0 heterocycles. The molecule has 0 aromatic heterocycles. The molecule has 1 aromatic carbocycles. The van der Waals surface area contributed by atoms with Crippen LogP contribution in [0.5, 0.6) is 0 Å². The standard InChI is InChI=1S/C13H14BrNO5S/c14-10-6-5-8(21(15,18)19)7-9(10)13(17)20-12-4-2-1-3-11(12)16/h5-7,12H,1-4H2,(H2,15,18,19)/t12-/m0/s1. The van der Waals surface area contributed by atoms with Crippen molar-refractivity contribution in [1.82, 2.24) is 0 Å². The van der Waals surface area contributed by atoms with Crippen LogP contribution in [0.4, 0.5) is 0 Å². The lowest BCUT2D eigenvalue weighted by atomic mass is 9.96. The number of primary sulfonamides is 1. The average Bonchev–Trinajstić information content (AvgIpc) is 2.40. The minimum Gasteiger partial charge on any atom is -0.451 e. The second kappa shape index (κ2) is 6.25. The number of sulfonamides is 1. The molecule has 0 bridgehead atoms. The highest BCUT2D eigenvalue weighted by Gasteiger charge is 2.27. The number of hydrogen-bond donors (Lipinski definition) is 1. The molecule has 1 aromatic rings. The van der Waals surface area contributed by atoms with E-state index in [-0.39, 0.29) is 16.2 Å². The van der Waals surface area contributed by atoms with E-state index in [1.165, 1.54) is 12.1 Å². The predicted molar refractivity (Wildman–Crippen MR) is 78.2 cm³/mol. The summed E-state index contributed by atoms with van der Waals surface area (Å²) in [6, 6.07) is 3.82. The number of ether oxygens (including phenoxy) is 1. The van der Waals surface area contributed by atoms with Gasteiger partial charge in [0.25, 0.3) is 0 Å². The van der Waals surface area contributed by atoms with Gasteiger partial charge in [-0.2, -0.15) is 0 Å². The van der Waals surface area contributed by atoms with Crippen molar-refractivity contribution in [2.45, 2.75) is 36.7 Å². The number of carbonyl (C=O) groups is 2.